The molecule has 0 atom stereocenters. The van der Waals surface area contributed by atoms with Gasteiger partial charge < -0.3 is 15.8 Å². The highest BCUT2D eigenvalue weighted by Gasteiger charge is 2.23. The van der Waals surface area contributed by atoms with E-state index in [1.807, 2.05) is 0 Å². The van der Waals surface area contributed by atoms with Gasteiger partial charge in [-0.3, -0.25) is 9.52 Å². The van der Waals surface area contributed by atoms with Crippen molar-refractivity contribution in [3.63, 3.8) is 0 Å². The van der Waals surface area contributed by atoms with Crippen LogP contribution in [0.25, 0.3) is 0 Å². The van der Waals surface area contributed by atoms with Gasteiger partial charge >= 0.3 is 0 Å². The lowest BCUT2D eigenvalue weighted by Gasteiger charge is -2.19. The van der Waals surface area contributed by atoms with E-state index in [2.05, 4.69) is 10.0 Å². The van der Waals surface area contributed by atoms with Gasteiger partial charge in [0.2, 0.25) is 5.91 Å². The van der Waals surface area contributed by atoms with Crippen molar-refractivity contribution >= 4 is 27.3 Å². The zero-order chi connectivity index (χ0) is 19.5. The van der Waals surface area contributed by atoms with Crippen molar-refractivity contribution in [1.29, 1.82) is 0 Å². The molecular weight excluding hydrogens is 354 g/mol. The smallest absolute Gasteiger partial charge is 0.262 e. The Hall–Kier alpha value is -2.58. The molecule has 4 N–H and O–H groups in total. The summed E-state index contributed by atoms with van der Waals surface area (Å²) in [7, 11) is -2.42. The Labute approximate surface area is 153 Å². The molecule has 2 aromatic carbocycles. The fraction of sp³-hybridized carbons (Fsp3) is 0.278. The molecule has 0 aliphatic rings. The second-order valence-corrected chi connectivity index (χ2v) is 8.11. The number of sulfonamides is 1. The standard InChI is InChI=1S/C18H23N3O4S/c1-12-9-10-13(20-17(22)18(2,3)19)11-16(12)26(23,24)21-14-7-5-6-8-15(14)25-4/h5-11,21H,19H2,1-4H3,(H,20,22). The maximum Gasteiger partial charge on any atom is 0.262 e. The number of anilines is 2. The van der Waals surface area contributed by atoms with Crippen molar-refractivity contribution in [1.82, 2.24) is 0 Å². The number of para-hydroxylation sites is 2. The normalized spacial score (nSPS) is 11.7. The van der Waals surface area contributed by atoms with Crippen molar-refractivity contribution in [3.05, 3.63) is 48.0 Å². The van der Waals surface area contributed by atoms with E-state index in [0.29, 0.717) is 22.7 Å². The van der Waals surface area contributed by atoms with Gasteiger partial charge in [0, 0.05) is 5.69 Å². The minimum Gasteiger partial charge on any atom is -0.495 e. The summed E-state index contributed by atoms with van der Waals surface area (Å²) >= 11 is 0. The van der Waals surface area contributed by atoms with Crippen LogP contribution in [0.2, 0.25) is 0 Å². The first kappa shape index (κ1) is 19.7. The number of benzene rings is 2. The lowest BCUT2D eigenvalue weighted by Crippen LogP contribution is -2.45. The number of carbonyl (C=O) groups excluding carboxylic acids is 1. The fourth-order valence-corrected chi connectivity index (χ4v) is 3.53. The summed E-state index contributed by atoms with van der Waals surface area (Å²) in [5.74, 6) is -0.00884. The molecule has 0 bridgehead atoms. The maximum absolute atomic E-state index is 12.8. The van der Waals surface area contributed by atoms with Crippen molar-refractivity contribution in [2.24, 2.45) is 5.73 Å². The van der Waals surface area contributed by atoms with Crippen LogP contribution in [0.4, 0.5) is 11.4 Å². The van der Waals surface area contributed by atoms with E-state index < -0.39 is 21.5 Å². The molecule has 0 aliphatic heterocycles. The number of aryl methyl sites for hydroxylation is 1. The van der Waals surface area contributed by atoms with Crippen LogP contribution in [-0.4, -0.2) is 27.0 Å². The van der Waals surface area contributed by atoms with Gasteiger partial charge in [0.1, 0.15) is 5.75 Å². The van der Waals surface area contributed by atoms with E-state index in [9.17, 15) is 13.2 Å². The monoisotopic (exact) mass is 377 g/mol. The van der Waals surface area contributed by atoms with Crippen LogP contribution in [0, 0.1) is 6.92 Å². The van der Waals surface area contributed by atoms with Gasteiger partial charge in [0.15, 0.2) is 0 Å². The summed E-state index contributed by atoms with van der Waals surface area (Å²) in [5.41, 5.74) is 5.89. The van der Waals surface area contributed by atoms with E-state index in [-0.39, 0.29) is 4.90 Å². The van der Waals surface area contributed by atoms with Crippen LogP contribution in [-0.2, 0) is 14.8 Å². The number of nitrogens with two attached hydrogens (primary N) is 1. The second kappa shape index (κ2) is 7.35. The number of nitrogens with one attached hydrogen (secondary N) is 2. The van der Waals surface area contributed by atoms with Crippen LogP contribution >= 0.6 is 0 Å². The molecule has 0 radical (unpaired) electrons. The first-order valence-corrected chi connectivity index (χ1v) is 9.40. The second-order valence-electron chi connectivity index (χ2n) is 6.46. The summed E-state index contributed by atoms with van der Waals surface area (Å²) in [6, 6.07) is 11.4. The van der Waals surface area contributed by atoms with Gasteiger partial charge in [-0.05, 0) is 50.6 Å². The molecule has 0 spiro atoms. The molecule has 26 heavy (non-hydrogen) atoms. The lowest BCUT2D eigenvalue weighted by molar-refractivity contribution is -0.120. The molecule has 8 heteroatoms. The zero-order valence-electron chi connectivity index (χ0n) is 15.2. The quantitative estimate of drug-likeness (QED) is 0.716. The van der Waals surface area contributed by atoms with Gasteiger partial charge in [-0.15, -0.1) is 0 Å². The first-order valence-electron chi connectivity index (χ1n) is 7.91. The van der Waals surface area contributed by atoms with Gasteiger partial charge in [-0.25, -0.2) is 8.42 Å². The minimum absolute atomic E-state index is 0.0519. The number of hydrogen-bond donors (Lipinski definition) is 3. The molecule has 7 nitrogen and oxygen atoms in total. The number of hydrogen-bond acceptors (Lipinski definition) is 5. The Balaban J connectivity index is 2.37. The molecule has 1 amide bonds. The lowest BCUT2D eigenvalue weighted by atomic mass is 10.1. The third kappa shape index (κ3) is 4.53. The number of methoxy groups -OCH3 is 1. The molecule has 0 saturated heterocycles. The molecule has 0 aromatic heterocycles. The Bertz CT molecular complexity index is 918. The van der Waals surface area contributed by atoms with E-state index in [4.69, 9.17) is 10.5 Å². The van der Waals surface area contributed by atoms with Gasteiger partial charge in [-0.1, -0.05) is 18.2 Å². The highest BCUT2D eigenvalue weighted by atomic mass is 32.2. The number of ether oxygens (including phenoxy) is 1. The predicted octanol–water partition coefficient (Wildman–Crippen LogP) is 2.48. The summed E-state index contributed by atoms with van der Waals surface area (Å²) in [6.45, 7) is 4.81. The molecule has 2 aromatic rings. The molecule has 0 heterocycles. The van der Waals surface area contributed by atoms with E-state index in [1.54, 1.807) is 57.2 Å². The topological polar surface area (TPSA) is 111 Å². The van der Waals surface area contributed by atoms with Crippen LogP contribution in [0.1, 0.15) is 19.4 Å². The molecule has 0 saturated carbocycles. The number of amides is 1. The maximum atomic E-state index is 12.8. The van der Waals surface area contributed by atoms with Gasteiger partial charge in [0.25, 0.3) is 10.0 Å². The van der Waals surface area contributed by atoms with E-state index >= 15 is 0 Å². The molecule has 0 aliphatic carbocycles. The average Bonchev–Trinajstić information content (AvgIpc) is 2.55. The number of rotatable bonds is 6. The minimum atomic E-state index is -3.88. The summed E-state index contributed by atoms with van der Waals surface area (Å²) in [6.07, 6.45) is 0. The van der Waals surface area contributed by atoms with Crippen LogP contribution in [0.3, 0.4) is 0 Å². The van der Waals surface area contributed by atoms with Gasteiger partial charge in [0.05, 0.1) is 23.2 Å². The average molecular weight is 377 g/mol. The highest BCUT2D eigenvalue weighted by Crippen LogP contribution is 2.28. The van der Waals surface area contributed by atoms with E-state index in [0.717, 1.165) is 0 Å². The SMILES string of the molecule is COc1ccccc1NS(=O)(=O)c1cc(NC(=O)C(C)(C)N)ccc1C. The molecule has 140 valence electrons. The Morgan fingerprint density at radius 2 is 1.81 bits per heavy atom. The van der Waals surface area contributed by atoms with E-state index in [1.165, 1.54) is 13.2 Å². The summed E-state index contributed by atoms with van der Waals surface area (Å²) in [4.78, 5) is 12.1. The predicted molar refractivity (Wildman–Crippen MR) is 102 cm³/mol. The molecular formula is C18H23N3O4S. The van der Waals surface area contributed by atoms with Crippen molar-refractivity contribution < 1.29 is 17.9 Å². The third-order valence-corrected chi connectivity index (χ3v) is 5.18. The van der Waals surface area contributed by atoms with Gasteiger partial charge in [-0.2, -0.15) is 0 Å². The molecule has 0 unspecified atom stereocenters. The van der Waals surface area contributed by atoms with Crippen molar-refractivity contribution in [3.8, 4) is 5.75 Å². The summed E-state index contributed by atoms with van der Waals surface area (Å²) in [5, 5.41) is 2.63. The summed E-state index contributed by atoms with van der Waals surface area (Å²) < 4.78 is 33.3. The van der Waals surface area contributed by atoms with Crippen LogP contribution in [0.15, 0.2) is 47.4 Å². The zero-order valence-corrected chi connectivity index (χ0v) is 16.0. The first-order chi connectivity index (χ1) is 12.0. The molecule has 2 rings (SSSR count). The largest absolute Gasteiger partial charge is 0.495 e. The Morgan fingerprint density at radius 3 is 2.42 bits per heavy atom. The Kier molecular flexibility index (Phi) is 5.58. The fourth-order valence-electron chi connectivity index (χ4n) is 2.19. The third-order valence-electron chi connectivity index (χ3n) is 3.67. The Morgan fingerprint density at radius 1 is 1.15 bits per heavy atom. The number of carbonyl (C=O) groups is 1. The van der Waals surface area contributed by atoms with Crippen molar-refractivity contribution in [2.45, 2.75) is 31.2 Å². The van der Waals surface area contributed by atoms with Crippen molar-refractivity contribution in [2.75, 3.05) is 17.1 Å². The van der Waals surface area contributed by atoms with Crippen LogP contribution < -0.4 is 20.5 Å². The molecule has 0 fully saturated rings. The highest BCUT2D eigenvalue weighted by molar-refractivity contribution is 7.92. The van der Waals surface area contributed by atoms with Crippen LogP contribution in [0.5, 0.6) is 5.75 Å².